The first-order valence-corrected chi connectivity index (χ1v) is 10.0. The number of ether oxygens (including phenoxy) is 1. The Kier molecular flexibility index (Phi) is 5.81. The van der Waals surface area contributed by atoms with Gasteiger partial charge in [-0.1, -0.05) is 0 Å². The summed E-state index contributed by atoms with van der Waals surface area (Å²) in [5, 5.41) is 0.990. The van der Waals surface area contributed by atoms with Gasteiger partial charge in [0.1, 0.15) is 5.82 Å². The molecule has 1 aromatic carbocycles. The monoisotopic (exact) mass is 379 g/mol. The fraction of sp³-hybridized carbons (Fsp3) is 0.391. The number of hydrogen-bond acceptors (Lipinski definition) is 3. The Labute approximate surface area is 164 Å². The number of nitrogens with zero attached hydrogens (tertiary/aromatic N) is 2. The maximum absolute atomic E-state index is 13.4. The zero-order valence-electron chi connectivity index (χ0n) is 16.2. The third-order valence-corrected chi connectivity index (χ3v) is 5.50. The zero-order chi connectivity index (χ0) is 19.3. The summed E-state index contributed by atoms with van der Waals surface area (Å²) in [6.07, 6.45) is 9.55. The van der Waals surface area contributed by atoms with Gasteiger partial charge in [-0.25, -0.2) is 14.4 Å². The van der Waals surface area contributed by atoms with Gasteiger partial charge in [0.05, 0.1) is 0 Å². The molecule has 5 heteroatoms. The Hall–Kier alpha value is -2.53. The molecule has 2 aromatic heterocycles. The molecular weight excluding hydrogens is 353 g/mol. The Balaban J connectivity index is 1.38. The van der Waals surface area contributed by atoms with Gasteiger partial charge < -0.3 is 9.72 Å². The third-order valence-electron chi connectivity index (χ3n) is 5.50. The maximum Gasteiger partial charge on any atom is 0.151 e. The minimum absolute atomic E-state index is 0.240. The van der Waals surface area contributed by atoms with Crippen LogP contribution in [0, 0.1) is 11.7 Å². The summed E-state index contributed by atoms with van der Waals surface area (Å²) < 4.78 is 18.8. The number of aliphatic imine (C=N–C) groups is 1. The van der Waals surface area contributed by atoms with E-state index in [9.17, 15) is 4.39 Å². The molecule has 1 saturated heterocycles. The number of benzene rings is 1. The lowest BCUT2D eigenvalue weighted by Gasteiger charge is -2.21. The standard InChI is InChI=1S/C23H26FN3O/c1-16(3-2-4-17-9-11-28-12-10-17)27-23-8-5-18(14-26-23)21-15-25-22-13-19(24)6-7-20(21)22/h5-8,13-15,17,25H,2-4,9-12H2,1H3. The smallest absolute Gasteiger partial charge is 0.151 e. The fourth-order valence-electron chi connectivity index (χ4n) is 3.88. The molecule has 0 radical (unpaired) electrons. The van der Waals surface area contributed by atoms with E-state index < -0.39 is 0 Å². The van der Waals surface area contributed by atoms with E-state index in [1.165, 1.54) is 37.8 Å². The number of hydrogen-bond donors (Lipinski definition) is 1. The molecule has 0 saturated carbocycles. The number of rotatable bonds is 6. The molecule has 0 aliphatic carbocycles. The molecule has 0 atom stereocenters. The van der Waals surface area contributed by atoms with E-state index in [-0.39, 0.29) is 5.82 Å². The first-order valence-electron chi connectivity index (χ1n) is 10.0. The molecule has 1 N–H and O–H groups in total. The van der Waals surface area contributed by atoms with Crippen molar-refractivity contribution in [2.45, 2.75) is 39.0 Å². The van der Waals surface area contributed by atoms with Gasteiger partial charge in [-0.3, -0.25) is 0 Å². The SMILES string of the molecule is CC(CCCC1CCOCC1)=Nc1ccc(-c2c[nH]c3cc(F)ccc23)cn1. The van der Waals surface area contributed by atoms with Crippen molar-refractivity contribution in [2.24, 2.45) is 10.9 Å². The van der Waals surface area contributed by atoms with Gasteiger partial charge in [0.2, 0.25) is 0 Å². The highest BCUT2D eigenvalue weighted by molar-refractivity contribution is 5.95. The predicted octanol–water partition coefficient (Wildman–Crippen LogP) is 6.06. The molecule has 146 valence electrons. The number of nitrogens with one attached hydrogen (secondary N) is 1. The minimum atomic E-state index is -0.240. The van der Waals surface area contributed by atoms with E-state index in [2.05, 4.69) is 21.9 Å². The molecule has 3 heterocycles. The van der Waals surface area contributed by atoms with Crippen LogP contribution < -0.4 is 0 Å². The number of halogens is 1. The summed E-state index contributed by atoms with van der Waals surface area (Å²) in [5.41, 5.74) is 3.92. The normalized spacial score (nSPS) is 16.0. The summed E-state index contributed by atoms with van der Waals surface area (Å²) in [4.78, 5) is 12.3. The molecule has 0 unspecified atom stereocenters. The summed E-state index contributed by atoms with van der Waals surface area (Å²) in [6.45, 7) is 3.91. The number of fused-ring (bicyclic) bond motifs is 1. The maximum atomic E-state index is 13.4. The van der Waals surface area contributed by atoms with Crippen LogP contribution in [0.2, 0.25) is 0 Å². The minimum Gasteiger partial charge on any atom is -0.381 e. The van der Waals surface area contributed by atoms with Crippen LogP contribution in [0.3, 0.4) is 0 Å². The van der Waals surface area contributed by atoms with Crippen LogP contribution in [0.1, 0.15) is 39.0 Å². The van der Waals surface area contributed by atoms with Crippen molar-refractivity contribution >= 4 is 22.4 Å². The van der Waals surface area contributed by atoms with E-state index in [0.29, 0.717) is 0 Å². The lowest BCUT2D eigenvalue weighted by Crippen LogP contribution is -2.15. The van der Waals surface area contributed by atoms with Gasteiger partial charge in [0, 0.05) is 53.3 Å². The molecule has 28 heavy (non-hydrogen) atoms. The van der Waals surface area contributed by atoms with Crippen molar-refractivity contribution in [2.75, 3.05) is 13.2 Å². The van der Waals surface area contributed by atoms with Crippen LogP contribution in [-0.2, 0) is 4.74 Å². The Morgan fingerprint density at radius 2 is 2.11 bits per heavy atom. The molecule has 1 fully saturated rings. The molecular formula is C23H26FN3O. The molecule has 0 amide bonds. The summed E-state index contributed by atoms with van der Waals surface area (Å²) in [7, 11) is 0. The molecule has 3 aromatic rings. The molecule has 0 spiro atoms. The first kappa shape index (κ1) is 18.8. The van der Waals surface area contributed by atoms with Crippen molar-refractivity contribution < 1.29 is 9.13 Å². The van der Waals surface area contributed by atoms with E-state index in [1.807, 2.05) is 24.5 Å². The molecule has 0 bridgehead atoms. The van der Waals surface area contributed by atoms with Crippen LogP contribution >= 0.6 is 0 Å². The van der Waals surface area contributed by atoms with E-state index >= 15 is 0 Å². The van der Waals surface area contributed by atoms with Crippen molar-refractivity contribution in [3.05, 3.63) is 48.5 Å². The summed E-state index contributed by atoms with van der Waals surface area (Å²) >= 11 is 0. The second kappa shape index (κ2) is 8.65. The third kappa shape index (κ3) is 4.47. The highest BCUT2D eigenvalue weighted by Crippen LogP contribution is 2.29. The Bertz CT molecular complexity index is 956. The van der Waals surface area contributed by atoms with Gasteiger partial charge in [-0.05, 0) is 75.3 Å². The van der Waals surface area contributed by atoms with Crippen molar-refractivity contribution in [3.8, 4) is 11.1 Å². The van der Waals surface area contributed by atoms with Crippen LogP contribution in [0.4, 0.5) is 10.2 Å². The first-order chi connectivity index (χ1) is 13.7. The molecule has 1 aliphatic rings. The van der Waals surface area contributed by atoms with Crippen LogP contribution in [0.5, 0.6) is 0 Å². The number of aromatic nitrogens is 2. The Morgan fingerprint density at radius 1 is 1.25 bits per heavy atom. The fourth-order valence-corrected chi connectivity index (χ4v) is 3.88. The van der Waals surface area contributed by atoms with Crippen LogP contribution in [-0.4, -0.2) is 28.9 Å². The lowest BCUT2D eigenvalue weighted by atomic mass is 9.94. The van der Waals surface area contributed by atoms with E-state index in [1.54, 1.807) is 6.07 Å². The molecule has 4 rings (SSSR count). The number of aromatic amines is 1. The largest absolute Gasteiger partial charge is 0.381 e. The van der Waals surface area contributed by atoms with Crippen LogP contribution in [0.25, 0.3) is 22.0 Å². The van der Waals surface area contributed by atoms with Crippen molar-refractivity contribution in [1.82, 2.24) is 9.97 Å². The second-order valence-electron chi connectivity index (χ2n) is 7.59. The van der Waals surface area contributed by atoms with Gasteiger partial charge in [-0.15, -0.1) is 0 Å². The quantitative estimate of drug-likeness (QED) is 0.529. The summed E-state index contributed by atoms with van der Waals surface area (Å²) in [5.74, 6) is 1.30. The number of pyridine rings is 1. The average Bonchev–Trinajstić information content (AvgIpc) is 3.12. The zero-order valence-corrected chi connectivity index (χ0v) is 16.2. The number of H-pyrrole nitrogens is 1. The predicted molar refractivity (Wildman–Crippen MR) is 112 cm³/mol. The average molecular weight is 379 g/mol. The summed E-state index contributed by atoms with van der Waals surface area (Å²) in [6, 6.07) is 8.75. The van der Waals surface area contributed by atoms with Gasteiger partial charge in [0.25, 0.3) is 0 Å². The van der Waals surface area contributed by atoms with Gasteiger partial charge in [-0.2, -0.15) is 0 Å². The van der Waals surface area contributed by atoms with Crippen LogP contribution in [0.15, 0.2) is 47.7 Å². The Morgan fingerprint density at radius 3 is 2.89 bits per heavy atom. The van der Waals surface area contributed by atoms with Gasteiger partial charge >= 0.3 is 0 Å². The topological polar surface area (TPSA) is 50.3 Å². The van der Waals surface area contributed by atoms with Crippen molar-refractivity contribution in [3.63, 3.8) is 0 Å². The second-order valence-corrected chi connectivity index (χ2v) is 7.59. The lowest BCUT2D eigenvalue weighted by molar-refractivity contribution is 0.0635. The molecule has 4 nitrogen and oxygen atoms in total. The van der Waals surface area contributed by atoms with Gasteiger partial charge in [0.15, 0.2) is 5.82 Å². The van der Waals surface area contributed by atoms with E-state index in [4.69, 9.17) is 4.74 Å². The highest BCUT2D eigenvalue weighted by atomic mass is 19.1. The molecule has 1 aliphatic heterocycles. The van der Waals surface area contributed by atoms with E-state index in [0.717, 1.165) is 59.1 Å². The highest BCUT2D eigenvalue weighted by Gasteiger charge is 2.13. The van der Waals surface area contributed by atoms with Crippen molar-refractivity contribution in [1.29, 1.82) is 0 Å².